The van der Waals surface area contributed by atoms with E-state index in [0.29, 0.717) is 18.7 Å². The van der Waals surface area contributed by atoms with Gasteiger partial charge in [-0.25, -0.2) is 4.52 Å². The van der Waals surface area contributed by atoms with E-state index in [2.05, 4.69) is 47.1 Å². The van der Waals surface area contributed by atoms with Gasteiger partial charge in [-0.15, -0.1) is 0 Å². The first-order valence-corrected chi connectivity index (χ1v) is 10.3. The second kappa shape index (κ2) is 8.93. The molecule has 0 spiro atoms. The van der Waals surface area contributed by atoms with Crippen molar-refractivity contribution in [2.24, 2.45) is 5.73 Å². The molecule has 0 aliphatic heterocycles. The minimum Gasteiger partial charge on any atom is -0.352 e. The number of fused-ring (bicyclic) bond motifs is 1. The number of nitrogens with two attached hydrogens (primary N) is 1. The summed E-state index contributed by atoms with van der Waals surface area (Å²) in [4.78, 5) is 17.3. The van der Waals surface area contributed by atoms with Crippen LogP contribution in [0.4, 0.5) is 0 Å². The second-order valence-electron chi connectivity index (χ2n) is 7.38. The van der Waals surface area contributed by atoms with E-state index >= 15 is 0 Å². The van der Waals surface area contributed by atoms with Gasteiger partial charge in [-0.3, -0.25) is 9.78 Å². The van der Waals surface area contributed by atoms with Gasteiger partial charge in [0.15, 0.2) is 0 Å². The standard InChI is InChI=1S/C25H25N5O/c1-3-18-7-8-20(14-17(18)2)24-21(6-4-11-27-24)19-9-13-30-23(15-19)22(16-29-30)25(31)28-12-5-10-26/h3-4,6-9,11,13-16H,1,5,10,12,26H2,2H3,(H,28,31). The molecule has 0 saturated carbocycles. The van der Waals surface area contributed by atoms with Crippen LogP contribution in [0.15, 0.2) is 67.6 Å². The molecule has 1 amide bonds. The molecule has 3 heterocycles. The van der Waals surface area contributed by atoms with Gasteiger partial charge in [0.2, 0.25) is 0 Å². The molecular formula is C25H25N5O. The Labute approximate surface area is 181 Å². The van der Waals surface area contributed by atoms with E-state index in [1.807, 2.05) is 36.5 Å². The molecule has 0 atom stereocenters. The van der Waals surface area contributed by atoms with Crippen LogP contribution in [-0.4, -0.2) is 33.6 Å². The molecular weight excluding hydrogens is 386 g/mol. The Balaban J connectivity index is 1.76. The molecule has 0 radical (unpaired) electrons. The number of nitrogens with zero attached hydrogens (tertiary/aromatic N) is 3. The number of nitrogens with one attached hydrogen (secondary N) is 1. The number of pyridine rings is 2. The van der Waals surface area contributed by atoms with Crippen molar-refractivity contribution in [3.8, 4) is 22.4 Å². The minimum absolute atomic E-state index is 0.150. The van der Waals surface area contributed by atoms with Crippen LogP contribution in [0.3, 0.4) is 0 Å². The van der Waals surface area contributed by atoms with Gasteiger partial charge in [-0.1, -0.05) is 30.9 Å². The Morgan fingerprint density at radius 3 is 2.87 bits per heavy atom. The smallest absolute Gasteiger partial charge is 0.255 e. The van der Waals surface area contributed by atoms with Gasteiger partial charge < -0.3 is 11.1 Å². The number of benzene rings is 1. The second-order valence-corrected chi connectivity index (χ2v) is 7.38. The first-order chi connectivity index (χ1) is 15.1. The average molecular weight is 412 g/mol. The lowest BCUT2D eigenvalue weighted by atomic mass is 9.97. The lowest BCUT2D eigenvalue weighted by Crippen LogP contribution is -2.25. The summed E-state index contributed by atoms with van der Waals surface area (Å²) in [7, 11) is 0. The third-order valence-electron chi connectivity index (χ3n) is 5.31. The van der Waals surface area contributed by atoms with E-state index in [9.17, 15) is 4.79 Å². The van der Waals surface area contributed by atoms with Gasteiger partial charge in [0, 0.05) is 30.1 Å². The molecule has 0 saturated heterocycles. The zero-order valence-corrected chi connectivity index (χ0v) is 17.5. The third kappa shape index (κ3) is 4.11. The van der Waals surface area contributed by atoms with Crippen molar-refractivity contribution in [3.05, 3.63) is 84.3 Å². The van der Waals surface area contributed by atoms with E-state index in [0.717, 1.165) is 45.4 Å². The predicted molar refractivity (Wildman–Crippen MR) is 125 cm³/mol. The van der Waals surface area contributed by atoms with Crippen molar-refractivity contribution in [1.82, 2.24) is 19.9 Å². The summed E-state index contributed by atoms with van der Waals surface area (Å²) in [6.45, 7) is 7.01. The molecule has 4 aromatic rings. The largest absolute Gasteiger partial charge is 0.352 e. The highest BCUT2D eigenvalue weighted by Crippen LogP contribution is 2.32. The molecule has 0 fully saturated rings. The van der Waals surface area contributed by atoms with Gasteiger partial charge in [0.1, 0.15) is 0 Å². The molecule has 156 valence electrons. The molecule has 0 bridgehead atoms. The van der Waals surface area contributed by atoms with Gasteiger partial charge in [-0.05, 0) is 60.8 Å². The molecule has 6 nitrogen and oxygen atoms in total. The van der Waals surface area contributed by atoms with E-state index in [1.165, 1.54) is 0 Å². The summed E-state index contributed by atoms with van der Waals surface area (Å²) in [6.07, 6.45) is 7.84. The molecule has 3 N–H and O–H groups in total. The minimum atomic E-state index is -0.150. The van der Waals surface area contributed by atoms with Crippen molar-refractivity contribution in [1.29, 1.82) is 0 Å². The molecule has 31 heavy (non-hydrogen) atoms. The third-order valence-corrected chi connectivity index (χ3v) is 5.31. The molecule has 0 aliphatic carbocycles. The van der Waals surface area contributed by atoms with E-state index in [1.54, 1.807) is 16.9 Å². The summed E-state index contributed by atoms with van der Waals surface area (Å²) < 4.78 is 1.71. The maximum Gasteiger partial charge on any atom is 0.255 e. The van der Waals surface area contributed by atoms with Gasteiger partial charge in [0.25, 0.3) is 5.91 Å². The van der Waals surface area contributed by atoms with Gasteiger partial charge >= 0.3 is 0 Å². The normalized spacial score (nSPS) is 10.9. The number of aromatic nitrogens is 3. The van der Waals surface area contributed by atoms with Crippen LogP contribution in [0.2, 0.25) is 0 Å². The Bertz CT molecular complexity index is 1260. The summed E-state index contributed by atoms with van der Waals surface area (Å²) >= 11 is 0. The van der Waals surface area contributed by atoms with Gasteiger partial charge in [0.05, 0.1) is 23.0 Å². The zero-order chi connectivity index (χ0) is 21.8. The fourth-order valence-electron chi connectivity index (χ4n) is 3.64. The van der Waals surface area contributed by atoms with Crippen LogP contribution in [0.1, 0.15) is 27.9 Å². The number of rotatable bonds is 7. The van der Waals surface area contributed by atoms with Crippen LogP contribution >= 0.6 is 0 Å². The highest BCUT2D eigenvalue weighted by molar-refractivity contribution is 6.01. The number of hydrogen-bond acceptors (Lipinski definition) is 4. The van der Waals surface area contributed by atoms with Crippen LogP contribution < -0.4 is 11.1 Å². The van der Waals surface area contributed by atoms with Crippen molar-refractivity contribution in [2.75, 3.05) is 13.1 Å². The van der Waals surface area contributed by atoms with Crippen molar-refractivity contribution < 1.29 is 4.79 Å². The van der Waals surface area contributed by atoms with Crippen LogP contribution in [0.5, 0.6) is 0 Å². The first kappa shape index (κ1) is 20.5. The summed E-state index contributed by atoms with van der Waals surface area (Å²) in [5, 5.41) is 7.22. The highest BCUT2D eigenvalue weighted by Gasteiger charge is 2.15. The van der Waals surface area contributed by atoms with Crippen molar-refractivity contribution in [2.45, 2.75) is 13.3 Å². The summed E-state index contributed by atoms with van der Waals surface area (Å²) in [5.41, 5.74) is 12.9. The molecule has 0 aliphatic rings. The lowest BCUT2D eigenvalue weighted by molar-refractivity contribution is 0.0955. The number of carbonyl (C=O) groups excluding carboxylic acids is 1. The van der Waals surface area contributed by atoms with Gasteiger partial charge in [-0.2, -0.15) is 5.10 Å². The van der Waals surface area contributed by atoms with E-state index in [4.69, 9.17) is 5.73 Å². The van der Waals surface area contributed by atoms with Crippen LogP contribution in [-0.2, 0) is 0 Å². The summed E-state index contributed by atoms with van der Waals surface area (Å²) in [6, 6.07) is 14.2. The maximum absolute atomic E-state index is 12.6. The molecule has 4 rings (SSSR count). The Morgan fingerprint density at radius 2 is 2.10 bits per heavy atom. The van der Waals surface area contributed by atoms with Crippen molar-refractivity contribution in [3.63, 3.8) is 0 Å². The molecule has 1 aromatic carbocycles. The monoisotopic (exact) mass is 411 g/mol. The maximum atomic E-state index is 12.6. The average Bonchev–Trinajstić information content (AvgIpc) is 3.22. The fourth-order valence-corrected chi connectivity index (χ4v) is 3.64. The number of amides is 1. The Kier molecular flexibility index (Phi) is 5.91. The van der Waals surface area contributed by atoms with Crippen LogP contribution in [0, 0.1) is 6.92 Å². The van der Waals surface area contributed by atoms with E-state index < -0.39 is 0 Å². The lowest BCUT2D eigenvalue weighted by Gasteiger charge is -2.11. The molecule has 0 unspecified atom stereocenters. The zero-order valence-electron chi connectivity index (χ0n) is 17.5. The summed E-state index contributed by atoms with van der Waals surface area (Å²) in [5.74, 6) is -0.150. The van der Waals surface area contributed by atoms with E-state index in [-0.39, 0.29) is 5.91 Å². The fraction of sp³-hybridized carbons (Fsp3) is 0.160. The Hall–Kier alpha value is -3.77. The SMILES string of the molecule is C=Cc1ccc(-c2ncccc2-c2ccn3ncc(C(=O)NCCCN)c3c2)cc1C. The van der Waals surface area contributed by atoms with Crippen molar-refractivity contribution >= 4 is 17.5 Å². The Morgan fingerprint density at radius 1 is 1.23 bits per heavy atom. The number of hydrogen-bond donors (Lipinski definition) is 2. The number of aryl methyl sites for hydroxylation is 1. The quantitative estimate of drug-likeness (QED) is 0.449. The number of carbonyl (C=O) groups is 1. The highest BCUT2D eigenvalue weighted by atomic mass is 16.1. The van der Waals surface area contributed by atoms with Crippen LogP contribution in [0.25, 0.3) is 34.0 Å². The molecule has 6 heteroatoms. The first-order valence-electron chi connectivity index (χ1n) is 10.3. The predicted octanol–water partition coefficient (Wildman–Crippen LogP) is 4.09. The molecule has 3 aromatic heterocycles. The topological polar surface area (TPSA) is 85.3 Å².